The highest BCUT2D eigenvalue weighted by molar-refractivity contribution is 4.96. The van der Waals surface area contributed by atoms with Gasteiger partial charge < -0.3 is 79.9 Å². The lowest BCUT2D eigenvalue weighted by Gasteiger charge is -2.47. The summed E-state index contributed by atoms with van der Waals surface area (Å²) in [6, 6.07) is 0. The van der Waals surface area contributed by atoms with Crippen molar-refractivity contribution in [3.05, 3.63) is 0 Å². The fraction of sp³-hybridized carbons (Fsp3) is 1.00. The molecule has 0 aromatic rings. The van der Waals surface area contributed by atoms with E-state index in [4.69, 9.17) is 23.7 Å². The Morgan fingerprint density at radius 3 is 1.50 bits per heavy atom. The number of aliphatic hydroxyl groups excluding tert-OH is 11. The van der Waals surface area contributed by atoms with Gasteiger partial charge in [-0.05, 0) is 0 Å². The third kappa shape index (κ3) is 5.37. The van der Waals surface area contributed by atoms with Gasteiger partial charge in [0.05, 0.1) is 19.8 Å². The lowest BCUT2D eigenvalue weighted by molar-refractivity contribution is -0.378. The molecule has 15 atom stereocenters. The van der Waals surface area contributed by atoms with Gasteiger partial charge in [-0.15, -0.1) is 0 Å². The largest absolute Gasteiger partial charge is 0.394 e. The van der Waals surface area contributed by atoms with E-state index in [2.05, 4.69) is 0 Å². The van der Waals surface area contributed by atoms with Crippen molar-refractivity contribution in [2.75, 3.05) is 19.8 Å². The number of ether oxygens (including phenoxy) is 5. The minimum Gasteiger partial charge on any atom is -0.394 e. The molecule has 16 nitrogen and oxygen atoms in total. The molecule has 200 valence electrons. The zero-order valence-electron chi connectivity index (χ0n) is 17.7. The molecule has 34 heavy (non-hydrogen) atoms. The summed E-state index contributed by atoms with van der Waals surface area (Å²) in [7, 11) is 0. The third-order valence-corrected chi connectivity index (χ3v) is 6.09. The van der Waals surface area contributed by atoms with Crippen LogP contribution in [-0.2, 0) is 23.7 Å². The van der Waals surface area contributed by atoms with Crippen LogP contribution in [0.4, 0.5) is 0 Å². The Morgan fingerprint density at radius 2 is 0.941 bits per heavy atom. The minimum atomic E-state index is -1.90. The van der Waals surface area contributed by atoms with E-state index < -0.39 is 112 Å². The highest BCUT2D eigenvalue weighted by Gasteiger charge is 2.53. The lowest BCUT2D eigenvalue weighted by Crippen LogP contribution is -2.66. The molecular formula is C18H32O16. The summed E-state index contributed by atoms with van der Waals surface area (Å²) < 4.78 is 26.4. The van der Waals surface area contributed by atoms with Crippen LogP contribution in [-0.4, -0.2) is 168 Å². The standard InChI is InChI=1S/C18H32O16/c19-1-4-7(22)9(24)12(27)17(31-4)34-15-8(23)5(2-20)32-18(13(15)28)33-14-6(3-21)30-16(29)11(26)10(14)25/h4-29H,1-3H2/t4-,5-,6-,7-,8-,9+,10-,11-,12-,13-,14-,15+,16-,17+,18+/m1/s1. The molecule has 3 rings (SSSR count). The topological polar surface area (TPSA) is 269 Å². The van der Waals surface area contributed by atoms with Crippen molar-refractivity contribution in [2.24, 2.45) is 0 Å². The molecule has 0 aromatic carbocycles. The second kappa shape index (κ2) is 11.6. The van der Waals surface area contributed by atoms with Crippen molar-refractivity contribution in [1.82, 2.24) is 0 Å². The zero-order chi connectivity index (χ0) is 25.3. The first-order chi connectivity index (χ1) is 16.0. The summed E-state index contributed by atoms with van der Waals surface area (Å²) in [5.74, 6) is 0. The molecule has 0 amide bonds. The van der Waals surface area contributed by atoms with Gasteiger partial charge in [0.2, 0.25) is 0 Å². The summed E-state index contributed by atoms with van der Waals surface area (Å²) in [5, 5.41) is 109. The quantitative estimate of drug-likeness (QED) is 0.154. The van der Waals surface area contributed by atoms with Crippen molar-refractivity contribution in [2.45, 2.75) is 92.1 Å². The molecule has 11 N–H and O–H groups in total. The van der Waals surface area contributed by atoms with E-state index in [0.717, 1.165) is 0 Å². The van der Waals surface area contributed by atoms with Gasteiger partial charge in [-0.1, -0.05) is 0 Å². The SMILES string of the molecule is OC[C@H]1O[C@@H](O[C@@H]2[C@@H](O)[C@H](O[C@H]3[C@H](O)[C@@H](O)[C@H](O)O[C@@H]3CO)O[C@H](CO)[C@H]2O)[C@H](O)[C@@H](O)[C@@H]1O. The molecule has 16 heteroatoms. The van der Waals surface area contributed by atoms with Crippen molar-refractivity contribution >= 4 is 0 Å². The Hall–Kier alpha value is -0.640. The number of aliphatic hydroxyl groups is 11. The molecule has 3 saturated heterocycles. The zero-order valence-corrected chi connectivity index (χ0v) is 17.7. The molecule has 0 aliphatic carbocycles. The second-order valence-corrected chi connectivity index (χ2v) is 8.33. The van der Waals surface area contributed by atoms with E-state index in [-0.39, 0.29) is 0 Å². The van der Waals surface area contributed by atoms with E-state index >= 15 is 0 Å². The molecule has 3 aliphatic rings. The smallest absolute Gasteiger partial charge is 0.187 e. The van der Waals surface area contributed by atoms with Gasteiger partial charge in [0.25, 0.3) is 0 Å². The normalized spacial score (nSPS) is 52.5. The first kappa shape index (κ1) is 27.9. The maximum absolute atomic E-state index is 10.8. The van der Waals surface area contributed by atoms with Gasteiger partial charge in [0.15, 0.2) is 18.9 Å². The van der Waals surface area contributed by atoms with Gasteiger partial charge in [0, 0.05) is 0 Å². The minimum absolute atomic E-state index is 0.759. The van der Waals surface area contributed by atoms with Crippen LogP contribution in [0.25, 0.3) is 0 Å². The van der Waals surface area contributed by atoms with Gasteiger partial charge in [-0.2, -0.15) is 0 Å². The van der Waals surface area contributed by atoms with E-state index in [1.165, 1.54) is 0 Å². The highest BCUT2D eigenvalue weighted by atomic mass is 16.7. The molecular weight excluding hydrogens is 472 g/mol. The van der Waals surface area contributed by atoms with Crippen LogP contribution >= 0.6 is 0 Å². The van der Waals surface area contributed by atoms with Gasteiger partial charge in [-0.25, -0.2) is 0 Å². The van der Waals surface area contributed by atoms with Crippen LogP contribution in [0.15, 0.2) is 0 Å². The fourth-order valence-electron chi connectivity index (χ4n) is 4.05. The number of hydrogen-bond acceptors (Lipinski definition) is 16. The van der Waals surface area contributed by atoms with Crippen LogP contribution in [0.3, 0.4) is 0 Å². The fourth-order valence-corrected chi connectivity index (χ4v) is 4.05. The summed E-state index contributed by atoms with van der Waals surface area (Å²) in [6.45, 7) is -2.34. The molecule has 3 heterocycles. The Balaban J connectivity index is 1.78. The van der Waals surface area contributed by atoms with E-state index in [1.54, 1.807) is 0 Å². The Morgan fingerprint density at radius 1 is 0.441 bits per heavy atom. The van der Waals surface area contributed by atoms with E-state index in [1.807, 2.05) is 0 Å². The predicted octanol–water partition coefficient (Wildman–Crippen LogP) is -7.57. The number of hydrogen-bond donors (Lipinski definition) is 11. The third-order valence-electron chi connectivity index (χ3n) is 6.09. The first-order valence-corrected chi connectivity index (χ1v) is 10.6. The average molecular weight is 504 g/mol. The molecule has 0 spiro atoms. The molecule has 0 saturated carbocycles. The van der Waals surface area contributed by atoms with Crippen molar-refractivity contribution in [3.63, 3.8) is 0 Å². The molecule has 0 bridgehead atoms. The highest BCUT2D eigenvalue weighted by Crippen LogP contribution is 2.32. The van der Waals surface area contributed by atoms with Gasteiger partial charge in [-0.3, -0.25) is 0 Å². The number of rotatable bonds is 7. The maximum atomic E-state index is 10.8. The Kier molecular flexibility index (Phi) is 9.54. The van der Waals surface area contributed by atoms with Crippen LogP contribution in [0.1, 0.15) is 0 Å². The molecule has 0 aromatic heterocycles. The molecule has 0 unspecified atom stereocenters. The van der Waals surface area contributed by atoms with Crippen molar-refractivity contribution < 1.29 is 79.9 Å². The van der Waals surface area contributed by atoms with Gasteiger partial charge in [0.1, 0.15) is 73.2 Å². The van der Waals surface area contributed by atoms with Crippen LogP contribution in [0.5, 0.6) is 0 Å². The van der Waals surface area contributed by atoms with Crippen LogP contribution < -0.4 is 0 Å². The monoisotopic (exact) mass is 504 g/mol. The van der Waals surface area contributed by atoms with Gasteiger partial charge >= 0.3 is 0 Å². The second-order valence-electron chi connectivity index (χ2n) is 8.33. The van der Waals surface area contributed by atoms with Crippen molar-refractivity contribution in [1.29, 1.82) is 0 Å². The lowest BCUT2D eigenvalue weighted by atomic mass is 9.96. The maximum Gasteiger partial charge on any atom is 0.187 e. The molecule has 3 aliphatic heterocycles. The predicted molar refractivity (Wildman–Crippen MR) is 101 cm³/mol. The van der Waals surface area contributed by atoms with Crippen LogP contribution in [0.2, 0.25) is 0 Å². The Bertz CT molecular complexity index is 637. The van der Waals surface area contributed by atoms with E-state index in [0.29, 0.717) is 0 Å². The summed E-state index contributed by atoms with van der Waals surface area (Å²) >= 11 is 0. The van der Waals surface area contributed by atoms with Crippen molar-refractivity contribution in [3.8, 4) is 0 Å². The first-order valence-electron chi connectivity index (χ1n) is 10.6. The molecule has 0 radical (unpaired) electrons. The summed E-state index contributed by atoms with van der Waals surface area (Å²) in [5.41, 5.74) is 0. The van der Waals surface area contributed by atoms with E-state index in [9.17, 15) is 56.2 Å². The summed E-state index contributed by atoms with van der Waals surface area (Å²) in [6.07, 6.45) is -25.4. The average Bonchev–Trinajstić information content (AvgIpc) is 2.83. The molecule has 3 fully saturated rings. The van der Waals surface area contributed by atoms with Crippen LogP contribution in [0, 0.1) is 0 Å². The Labute approximate surface area is 192 Å². The summed E-state index contributed by atoms with van der Waals surface area (Å²) in [4.78, 5) is 0.